The van der Waals surface area contributed by atoms with Crippen LogP contribution in [-0.2, 0) is 11.2 Å². The maximum atomic E-state index is 12.1. The number of benzene rings is 1. The van der Waals surface area contributed by atoms with Crippen molar-refractivity contribution in [2.45, 2.75) is 19.3 Å². The van der Waals surface area contributed by atoms with Crippen LogP contribution < -0.4 is 9.47 Å². The molecule has 1 aliphatic rings. The molecule has 1 aromatic heterocycles. The molecular weight excluding hydrogens is 260 g/mol. The van der Waals surface area contributed by atoms with Gasteiger partial charge in [0.05, 0.1) is 13.5 Å². The molecule has 0 saturated carbocycles. The van der Waals surface area contributed by atoms with Gasteiger partial charge < -0.3 is 19.3 Å². The number of carbonyl (C=O) groups is 1. The Morgan fingerprint density at radius 2 is 2.35 bits per heavy atom. The highest BCUT2D eigenvalue weighted by Gasteiger charge is 2.23. The van der Waals surface area contributed by atoms with Crippen molar-refractivity contribution in [3.8, 4) is 5.75 Å². The zero-order chi connectivity index (χ0) is 14.1. The van der Waals surface area contributed by atoms with Gasteiger partial charge in [0.2, 0.25) is 11.5 Å². The van der Waals surface area contributed by atoms with Gasteiger partial charge in [0, 0.05) is 31.6 Å². The first-order valence-corrected chi connectivity index (χ1v) is 6.66. The van der Waals surface area contributed by atoms with Crippen LogP contribution in [0.3, 0.4) is 0 Å². The van der Waals surface area contributed by atoms with Crippen LogP contribution in [0.2, 0.25) is 0 Å². The molecule has 1 fully saturated rings. The van der Waals surface area contributed by atoms with Crippen LogP contribution >= 0.6 is 0 Å². The van der Waals surface area contributed by atoms with E-state index in [2.05, 4.69) is 0 Å². The van der Waals surface area contributed by atoms with E-state index in [0.29, 0.717) is 42.1 Å². The average Bonchev–Trinajstić information content (AvgIpc) is 3.00. The van der Waals surface area contributed by atoms with Gasteiger partial charge in [-0.25, -0.2) is 0 Å². The quantitative estimate of drug-likeness (QED) is 0.622. The summed E-state index contributed by atoms with van der Waals surface area (Å²) >= 11 is 0. The number of methoxy groups -OCH3 is 1. The molecule has 6 nitrogen and oxygen atoms in total. The lowest BCUT2D eigenvalue weighted by Crippen LogP contribution is -2.33. The SMILES string of the molecule is COc1ccc2c(c1)oc(CCN1CCCC1=O)[n+]2[O-]. The van der Waals surface area contributed by atoms with E-state index in [1.807, 2.05) is 0 Å². The molecule has 3 rings (SSSR count). The van der Waals surface area contributed by atoms with Crippen molar-refractivity contribution in [2.75, 3.05) is 20.2 Å². The predicted molar refractivity (Wildman–Crippen MR) is 71.2 cm³/mol. The Morgan fingerprint density at radius 1 is 1.50 bits per heavy atom. The van der Waals surface area contributed by atoms with Gasteiger partial charge in [-0.05, 0) is 12.5 Å². The fourth-order valence-electron chi connectivity index (χ4n) is 2.50. The van der Waals surface area contributed by atoms with E-state index in [4.69, 9.17) is 9.15 Å². The van der Waals surface area contributed by atoms with Crippen LogP contribution in [0.1, 0.15) is 18.7 Å². The molecule has 1 aliphatic heterocycles. The third-order valence-corrected chi connectivity index (χ3v) is 3.61. The summed E-state index contributed by atoms with van der Waals surface area (Å²) in [6.45, 7) is 1.30. The third-order valence-electron chi connectivity index (χ3n) is 3.61. The van der Waals surface area contributed by atoms with Gasteiger partial charge in [0.25, 0.3) is 5.52 Å². The number of nitrogens with zero attached hydrogens (tertiary/aromatic N) is 2. The van der Waals surface area contributed by atoms with Crippen LogP contribution in [0, 0.1) is 5.21 Å². The molecule has 2 aromatic rings. The van der Waals surface area contributed by atoms with Crippen molar-refractivity contribution >= 4 is 17.0 Å². The van der Waals surface area contributed by atoms with Crippen molar-refractivity contribution in [3.63, 3.8) is 0 Å². The number of ether oxygens (including phenoxy) is 1. The van der Waals surface area contributed by atoms with Crippen molar-refractivity contribution in [3.05, 3.63) is 29.3 Å². The summed E-state index contributed by atoms with van der Waals surface area (Å²) in [5.41, 5.74) is 0.982. The molecule has 0 atom stereocenters. The van der Waals surface area contributed by atoms with Gasteiger partial charge >= 0.3 is 5.89 Å². The smallest absolute Gasteiger partial charge is 0.361 e. The molecule has 2 heterocycles. The monoisotopic (exact) mass is 276 g/mol. The van der Waals surface area contributed by atoms with Gasteiger partial charge in [-0.2, -0.15) is 0 Å². The highest BCUT2D eigenvalue weighted by atomic mass is 16.5. The van der Waals surface area contributed by atoms with E-state index in [1.54, 1.807) is 30.2 Å². The second kappa shape index (κ2) is 5.03. The Labute approximate surface area is 116 Å². The van der Waals surface area contributed by atoms with E-state index in [1.165, 1.54) is 0 Å². The number of carbonyl (C=O) groups excluding carboxylic acids is 1. The topological polar surface area (TPSA) is 69.6 Å². The van der Waals surface area contributed by atoms with Crippen LogP contribution in [-0.4, -0.2) is 31.0 Å². The molecule has 1 saturated heterocycles. The van der Waals surface area contributed by atoms with Crippen molar-refractivity contribution in [2.24, 2.45) is 0 Å². The summed E-state index contributed by atoms with van der Waals surface area (Å²) in [6.07, 6.45) is 1.93. The normalized spacial score (nSPS) is 15.2. The molecular formula is C14H16N2O4. The van der Waals surface area contributed by atoms with Crippen LogP contribution in [0.15, 0.2) is 22.6 Å². The molecule has 106 valence electrons. The van der Waals surface area contributed by atoms with Crippen LogP contribution in [0.5, 0.6) is 5.75 Å². The minimum absolute atomic E-state index is 0.153. The molecule has 0 unspecified atom stereocenters. The lowest BCUT2D eigenvalue weighted by atomic mass is 10.3. The molecule has 0 N–H and O–H groups in total. The minimum Gasteiger partial charge on any atom is -0.616 e. The van der Waals surface area contributed by atoms with Crippen molar-refractivity contribution < 1.29 is 18.7 Å². The molecule has 1 aromatic carbocycles. The number of aromatic nitrogens is 1. The first-order valence-electron chi connectivity index (χ1n) is 6.66. The molecule has 6 heteroatoms. The second-order valence-corrected chi connectivity index (χ2v) is 4.86. The van der Waals surface area contributed by atoms with E-state index in [-0.39, 0.29) is 5.91 Å². The van der Waals surface area contributed by atoms with Gasteiger partial charge in [0.1, 0.15) is 5.75 Å². The number of hydrogen-bond donors (Lipinski definition) is 0. The standard InChI is InChI=1S/C14H16N2O4/c1-19-10-4-5-11-12(9-10)20-14(16(11)18)6-8-15-7-2-3-13(15)17/h4-5,9H,2-3,6-8H2,1H3. The Morgan fingerprint density at radius 3 is 3.05 bits per heavy atom. The maximum absolute atomic E-state index is 12.1. The van der Waals surface area contributed by atoms with Gasteiger partial charge in [-0.1, -0.05) is 0 Å². The number of likely N-dealkylation sites (tertiary alicyclic amines) is 1. The number of rotatable bonds is 4. The van der Waals surface area contributed by atoms with E-state index in [0.717, 1.165) is 17.7 Å². The Bertz CT molecular complexity index is 650. The van der Waals surface area contributed by atoms with Crippen molar-refractivity contribution in [1.29, 1.82) is 0 Å². The fraction of sp³-hybridized carbons (Fsp3) is 0.429. The van der Waals surface area contributed by atoms with Gasteiger partial charge in [0.15, 0.2) is 0 Å². The molecule has 1 amide bonds. The largest absolute Gasteiger partial charge is 0.616 e. The first kappa shape index (κ1) is 12.8. The predicted octanol–water partition coefficient (Wildman–Crippen LogP) is 1.24. The third kappa shape index (κ3) is 2.17. The van der Waals surface area contributed by atoms with Gasteiger partial charge in [-0.15, -0.1) is 4.73 Å². The summed E-state index contributed by atoms with van der Waals surface area (Å²) in [5.74, 6) is 1.13. The number of fused-ring (bicyclic) bond motifs is 1. The summed E-state index contributed by atoms with van der Waals surface area (Å²) in [5, 5.41) is 12.1. The Hall–Kier alpha value is -2.24. The lowest BCUT2D eigenvalue weighted by molar-refractivity contribution is -0.592. The molecule has 0 spiro atoms. The fourth-order valence-corrected chi connectivity index (χ4v) is 2.50. The highest BCUT2D eigenvalue weighted by molar-refractivity contribution is 5.78. The second-order valence-electron chi connectivity index (χ2n) is 4.86. The van der Waals surface area contributed by atoms with E-state index >= 15 is 0 Å². The number of oxazole rings is 1. The van der Waals surface area contributed by atoms with Crippen LogP contribution in [0.25, 0.3) is 11.1 Å². The van der Waals surface area contributed by atoms with E-state index in [9.17, 15) is 10.0 Å². The van der Waals surface area contributed by atoms with Crippen molar-refractivity contribution in [1.82, 2.24) is 4.90 Å². The highest BCUT2D eigenvalue weighted by Crippen LogP contribution is 2.20. The minimum atomic E-state index is 0.153. The summed E-state index contributed by atoms with van der Waals surface area (Å²) in [4.78, 5) is 13.3. The lowest BCUT2D eigenvalue weighted by Gasteiger charge is -2.12. The summed E-state index contributed by atoms with van der Waals surface area (Å²) in [6, 6.07) is 5.09. The van der Waals surface area contributed by atoms with Crippen LogP contribution in [0.4, 0.5) is 0 Å². The Balaban J connectivity index is 1.80. The molecule has 0 bridgehead atoms. The maximum Gasteiger partial charge on any atom is 0.361 e. The average molecular weight is 276 g/mol. The number of amides is 1. The number of hydrogen-bond acceptors (Lipinski definition) is 4. The zero-order valence-corrected chi connectivity index (χ0v) is 11.3. The first-order chi connectivity index (χ1) is 9.69. The molecule has 0 aliphatic carbocycles. The summed E-state index contributed by atoms with van der Waals surface area (Å²) < 4.78 is 11.5. The molecule has 0 radical (unpaired) electrons. The Kier molecular flexibility index (Phi) is 3.22. The van der Waals surface area contributed by atoms with E-state index < -0.39 is 0 Å². The summed E-state index contributed by atoms with van der Waals surface area (Å²) in [7, 11) is 1.56. The van der Waals surface area contributed by atoms with Gasteiger partial charge in [-0.3, -0.25) is 4.79 Å². The zero-order valence-electron chi connectivity index (χ0n) is 11.3. The molecule has 20 heavy (non-hydrogen) atoms.